The zero-order valence-electron chi connectivity index (χ0n) is 35.1. The minimum absolute atomic E-state index is 0. The summed E-state index contributed by atoms with van der Waals surface area (Å²) in [5, 5.41) is 7.88. The van der Waals surface area contributed by atoms with E-state index in [9.17, 15) is 0 Å². The van der Waals surface area contributed by atoms with Gasteiger partial charge in [-0.05, 0) is 98.6 Å². The summed E-state index contributed by atoms with van der Waals surface area (Å²) in [6.45, 7) is 29.2. The fourth-order valence-electron chi connectivity index (χ4n) is 4.29. The number of benzene rings is 2. The van der Waals surface area contributed by atoms with E-state index in [0.29, 0.717) is 6.61 Å². The normalized spacial score (nSPS) is 12.8. The predicted octanol–water partition coefficient (Wildman–Crippen LogP) is 14.9. The van der Waals surface area contributed by atoms with Crippen molar-refractivity contribution >= 4 is 84.0 Å². The molecule has 0 fully saturated rings. The SMILES string of the molecule is C.CCCO.CCCOP(C)CCP(OCCC)N(Cc1ccc(C)cc1)C(C)(C)C.Cc1ccc(CN(P(Cl)CCP(Cl)Cl)C(C)(C)C)cc1.P.P.[Zr]. The maximum Gasteiger partial charge on any atom is 0.105 e. The molecule has 5 unspecified atom stereocenters. The molecule has 0 aliphatic rings. The summed E-state index contributed by atoms with van der Waals surface area (Å²) < 4.78 is 17.3. The van der Waals surface area contributed by atoms with Gasteiger partial charge in [0.2, 0.25) is 0 Å². The van der Waals surface area contributed by atoms with Crippen LogP contribution in [0.25, 0.3) is 0 Å². The zero-order valence-corrected chi connectivity index (χ0v) is 46.2. The number of hydrogen-bond acceptors (Lipinski definition) is 5. The molecule has 54 heavy (non-hydrogen) atoms. The van der Waals surface area contributed by atoms with Crippen molar-refractivity contribution in [3.63, 3.8) is 0 Å². The number of rotatable bonds is 19. The Morgan fingerprint density at radius 1 is 0.630 bits per heavy atom. The number of aryl methyl sites for hydroxylation is 2. The van der Waals surface area contributed by atoms with E-state index < -0.39 is 22.4 Å². The third-order valence-corrected chi connectivity index (χ3v) is 16.3. The molecular formula is C39H79Cl3N2O3P6Zr. The van der Waals surface area contributed by atoms with Crippen LogP contribution in [-0.4, -0.2) is 76.7 Å². The second-order valence-electron chi connectivity index (χ2n) is 14.3. The molecule has 2 aromatic carbocycles. The number of hydrogen-bond donors (Lipinski definition) is 1. The van der Waals surface area contributed by atoms with E-state index in [0.717, 1.165) is 70.2 Å². The van der Waals surface area contributed by atoms with Gasteiger partial charge in [-0.15, -0.1) is 0 Å². The summed E-state index contributed by atoms with van der Waals surface area (Å²) in [5.74, 6) is 0. The molecule has 0 aliphatic carbocycles. The number of nitrogens with zero attached hydrogens (tertiary/aromatic N) is 2. The minimum Gasteiger partial charge on any atom is -0.396 e. The fourth-order valence-corrected chi connectivity index (χ4v) is 14.0. The molecule has 0 amide bonds. The Balaban J connectivity index is -0.000000258. The third-order valence-electron chi connectivity index (χ3n) is 7.23. The van der Waals surface area contributed by atoms with E-state index in [1.54, 1.807) is 0 Å². The van der Waals surface area contributed by atoms with Crippen molar-refractivity contribution < 1.29 is 40.4 Å². The van der Waals surface area contributed by atoms with Crippen molar-refractivity contribution in [2.45, 2.75) is 127 Å². The quantitative estimate of drug-likeness (QED) is 0.142. The van der Waals surface area contributed by atoms with Gasteiger partial charge in [-0.1, -0.05) is 122 Å². The molecule has 15 heteroatoms. The molecule has 0 bridgehead atoms. The van der Waals surface area contributed by atoms with Crippen LogP contribution in [0.15, 0.2) is 48.5 Å². The van der Waals surface area contributed by atoms with Crippen molar-refractivity contribution in [1.29, 1.82) is 0 Å². The fraction of sp³-hybridized carbons (Fsp3) is 0.692. The molecule has 0 radical (unpaired) electrons. The first-order valence-corrected chi connectivity index (χ1v) is 26.9. The first-order chi connectivity index (χ1) is 23.4. The van der Waals surface area contributed by atoms with E-state index in [1.807, 2.05) is 6.92 Å². The van der Waals surface area contributed by atoms with Gasteiger partial charge >= 0.3 is 0 Å². The molecule has 2 rings (SSSR count). The number of halogens is 3. The number of aliphatic hydroxyl groups excluding tert-OH is 1. The Bertz CT molecular complexity index is 1120. The van der Waals surface area contributed by atoms with Gasteiger partial charge in [0.25, 0.3) is 0 Å². The van der Waals surface area contributed by atoms with Crippen LogP contribution >= 0.6 is 84.0 Å². The second kappa shape index (κ2) is 37.3. The van der Waals surface area contributed by atoms with E-state index in [1.165, 1.54) is 22.3 Å². The van der Waals surface area contributed by atoms with Crippen LogP contribution in [-0.2, 0) is 48.3 Å². The molecule has 1 N–H and O–H groups in total. The topological polar surface area (TPSA) is 45.2 Å². The Morgan fingerprint density at radius 2 is 1.02 bits per heavy atom. The Kier molecular flexibility index (Phi) is 45.4. The van der Waals surface area contributed by atoms with Crippen LogP contribution in [0.1, 0.15) is 111 Å². The minimum atomic E-state index is -0.908. The third kappa shape index (κ3) is 32.4. The summed E-state index contributed by atoms with van der Waals surface area (Å²) in [6, 6.07) is 17.5. The van der Waals surface area contributed by atoms with Crippen LogP contribution in [0.5, 0.6) is 0 Å². The summed E-state index contributed by atoms with van der Waals surface area (Å²) >= 11 is 18.4. The van der Waals surface area contributed by atoms with Gasteiger partial charge < -0.3 is 14.2 Å². The van der Waals surface area contributed by atoms with Crippen LogP contribution in [0.4, 0.5) is 0 Å². The van der Waals surface area contributed by atoms with Gasteiger partial charge in [-0.25, -0.2) is 0 Å². The maximum absolute atomic E-state index is 7.88. The van der Waals surface area contributed by atoms with Gasteiger partial charge in [0.15, 0.2) is 0 Å². The van der Waals surface area contributed by atoms with E-state index in [4.69, 9.17) is 47.9 Å². The van der Waals surface area contributed by atoms with E-state index >= 15 is 0 Å². The van der Waals surface area contributed by atoms with Crippen LogP contribution < -0.4 is 0 Å². The number of aliphatic hydroxyl groups is 1. The van der Waals surface area contributed by atoms with Gasteiger partial charge in [0.1, 0.15) is 8.30 Å². The molecule has 0 heterocycles. The molecular weight excluding hydrogens is 928 g/mol. The Labute approximate surface area is 379 Å². The van der Waals surface area contributed by atoms with Crippen LogP contribution in [0.2, 0.25) is 0 Å². The maximum atomic E-state index is 7.88. The van der Waals surface area contributed by atoms with Crippen molar-refractivity contribution in [3.05, 3.63) is 70.8 Å². The predicted molar refractivity (Wildman–Crippen MR) is 262 cm³/mol. The monoisotopic (exact) mass is 1000 g/mol. The van der Waals surface area contributed by atoms with Gasteiger partial charge in [-0.2, -0.15) is 19.8 Å². The molecule has 0 saturated carbocycles. The smallest absolute Gasteiger partial charge is 0.105 e. The standard InChI is InChI=1S/C21H39NO2P2.C14H22Cl3NP2.C3H8O.CH4.2H3P.Zr/c1-8-14-23-25(7)16-17-26(24-15-9-2)22(21(4,5)6)18-20-12-10-19(3)11-13-20;1-12-5-7-13(8-6-12)11-18(14(2,3)4)20(17)10-9-19(15)16;1-2-3-4;;;;/h10-13H,8-9,14-18H2,1-7H3;5-8H,9-11H2,1-4H3;4H,2-3H2,1H3;1H4;2*1H3;. The second-order valence-corrected chi connectivity index (χ2v) is 25.0. The average Bonchev–Trinajstić information content (AvgIpc) is 3.05. The summed E-state index contributed by atoms with van der Waals surface area (Å²) in [6.07, 6.45) is 6.91. The van der Waals surface area contributed by atoms with Gasteiger partial charge in [0, 0.05) is 83.6 Å². The van der Waals surface area contributed by atoms with Gasteiger partial charge in [0.05, 0.1) is 27.3 Å². The largest absolute Gasteiger partial charge is 0.396 e. The molecule has 318 valence electrons. The Morgan fingerprint density at radius 3 is 1.37 bits per heavy atom. The van der Waals surface area contributed by atoms with E-state index in [-0.39, 0.29) is 72.7 Å². The molecule has 5 atom stereocenters. The molecule has 0 aliphatic heterocycles. The van der Waals surface area contributed by atoms with Crippen LogP contribution in [0.3, 0.4) is 0 Å². The van der Waals surface area contributed by atoms with Gasteiger partial charge in [-0.3, -0.25) is 9.34 Å². The first-order valence-electron chi connectivity index (χ1n) is 17.9. The van der Waals surface area contributed by atoms with Crippen LogP contribution in [0, 0.1) is 13.8 Å². The molecule has 0 aromatic heterocycles. The summed E-state index contributed by atoms with van der Waals surface area (Å²) in [5.41, 5.74) is 5.34. The average molecular weight is 1010 g/mol. The van der Waals surface area contributed by atoms with Crippen molar-refractivity contribution in [2.24, 2.45) is 0 Å². The molecule has 0 saturated heterocycles. The summed E-state index contributed by atoms with van der Waals surface area (Å²) in [4.78, 5) is 0. The van der Waals surface area contributed by atoms with E-state index in [2.05, 4.69) is 134 Å². The zero-order chi connectivity index (χ0) is 38.3. The molecule has 0 spiro atoms. The van der Waals surface area contributed by atoms with Crippen molar-refractivity contribution in [1.82, 2.24) is 9.34 Å². The Hall–Kier alpha value is 2.57. The van der Waals surface area contributed by atoms with Crippen molar-refractivity contribution in [2.75, 3.05) is 51.1 Å². The molecule has 5 nitrogen and oxygen atoms in total. The first kappa shape index (κ1) is 65.7. The van der Waals surface area contributed by atoms with Crippen molar-refractivity contribution in [3.8, 4) is 0 Å². The molecule has 2 aromatic rings. The summed E-state index contributed by atoms with van der Waals surface area (Å²) in [7, 11) is -1.72.